The smallest absolute Gasteiger partial charge is 0.367 e. The van der Waals surface area contributed by atoms with Gasteiger partial charge in [0.05, 0.1) is 0 Å². The normalized spacial score (nSPS) is 16.5. The second-order valence-corrected chi connectivity index (χ2v) is 2.98. The predicted octanol–water partition coefficient (Wildman–Crippen LogP) is 1.87. The lowest BCUT2D eigenvalue weighted by Crippen LogP contribution is -1.66. The second-order valence-electron chi connectivity index (χ2n) is 2.00. The van der Waals surface area contributed by atoms with Crippen LogP contribution in [0.4, 0.5) is 0 Å². The quantitative estimate of drug-likeness (QED) is 0.561. The summed E-state index contributed by atoms with van der Waals surface area (Å²) in [6, 6.07) is 0. The number of fused-ring (bicyclic) bond motifs is 1. The molecule has 0 aliphatic carbocycles. The monoisotopic (exact) mass is 126 g/mol. The molecule has 1 nitrogen and oxygen atoms in total. The van der Waals surface area contributed by atoms with E-state index in [1.165, 1.54) is 22.6 Å². The zero-order chi connectivity index (χ0) is 5.40. The van der Waals surface area contributed by atoms with Crippen LogP contribution in [-0.2, 0) is 11.5 Å². The summed E-state index contributed by atoms with van der Waals surface area (Å²) in [5.41, 5.74) is 2.99. The highest BCUT2D eigenvalue weighted by Crippen LogP contribution is 2.28. The van der Waals surface area contributed by atoms with Gasteiger partial charge in [-0.25, -0.2) is 0 Å². The van der Waals surface area contributed by atoms with E-state index in [0.717, 1.165) is 0 Å². The maximum atomic E-state index is 3.09. The summed E-state index contributed by atoms with van der Waals surface area (Å²) in [4.78, 5) is 3.09. The number of H-pyrrole nitrogens is 1. The van der Waals surface area contributed by atoms with Crippen molar-refractivity contribution in [3.63, 3.8) is 0 Å². The molecule has 1 aromatic heterocycles. The van der Waals surface area contributed by atoms with Crippen molar-refractivity contribution in [1.29, 1.82) is 0 Å². The SMILES string of the molecule is [H+].c1[nH]cc2c1CSC2. The van der Waals surface area contributed by atoms with E-state index in [2.05, 4.69) is 17.4 Å². The van der Waals surface area contributed by atoms with Gasteiger partial charge in [0.2, 0.25) is 0 Å². The van der Waals surface area contributed by atoms with Crippen LogP contribution < -0.4 is 0 Å². The van der Waals surface area contributed by atoms with Crippen molar-refractivity contribution in [1.82, 2.24) is 4.98 Å². The summed E-state index contributed by atoms with van der Waals surface area (Å²) in [5.74, 6) is 2.41. The number of thioether (sulfide) groups is 1. The highest BCUT2D eigenvalue weighted by atomic mass is 32.2. The summed E-state index contributed by atoms with van der Waals surface area (Å²) in [5, 5.41) is 0. The van der Waals surface area contributed by atoms with Crippen LogP contribution in [0.5, 0.6) is 0 Å². The van der Waals surface area contributed by atoms with Crippen LogP contribution in [0.15, 0.2) is 12.4 Å². The van der Waals surface area contributed by atoms with Crippen molar-refractivity contribution in [3.05, 3.63) is 23.5 Å². The molecule has 0 saturated carbocycles. The lowest BCUT2D eigenvalue weighted by Gasteiger charge is -1.77. The first-order chi connectivity index (χ1) is 3.97. The first-order valence-corrected chi connectivity index (χ1v) is 3.84. The Morgan fingerprint density at radius 2 is 2.00 bits per heavy atom. The molecule has 0 amide bonds. The molecule has 0 saturated heterocycles. The van der Waals surface area contributed by atoms with E-state index in [0.29, 0.717) is 0 Å². The number of rotatable bonds is 0. The standard InChI is InChI=1S/C6H7NS/c1-5-3-8-4-6(5)2-7-1/h1-2,7H,3-4H2/p+1. The van der Waals surface area contributed by atoms with Gasteiger partial charge >= 0.3 is 1.43 Å². The number of aromatic nitrogens is 1. The zero-order valence-electron chi connectivity index (χ0n) is 5.48. The zero-order valence-corrected chi connectivity index (χ0v) is 5.29. The Kier molecular flexibility index (Phi) is 0.875. The Balaban J connectivity index is 0.000000405. The summed E-state index contributed by atoms with van der Waals surface area (Å²) >= 11 is 1.99. The van der Waals surface area contributed by atoms with Crippen LogP contribution in [-0.4, -0.2) is 4.98 Å². The van der Waals surface area contributed by atoms with Crippen LogP contribution in [0.3, 0.4) is 0 Å². The molecule has 0 spiro atoms. The predicted molar refractivity (Wildman–Crippen MR) is 36.9 cm³/mol. The van der Waals surface area contributed by atoms with Crippen molar-refractivity contribution < 1.29 is 1.43 Å². The van der Waals surface area contributed by atoms with Crippen LogP contribution in [0.1, 0.15) is 12.6 Å². The van der Waals surface area contributed by atoms with Gasteiger partial charge in [-0.3, -0.25) is 0 Å². The largest absolute Gasteiger partial charge is 1.00 e. The molecule has 1 aromatic rings. The third kappa shape index (κ3) is 0.494. The minimum atomic E-state index is 0. The van der Waals surface area contributed by atoms with Crippen molar-refractivity contribution in [2.45, 2.75) is 11.5 Å². The summed E-state index contributed by atoms with van der Waals surface area (Å²) in [7, 11) is 0. The summed E-state index contributed by atoms with van der Waals surface area (Å²) in [6.45, 7) is 0. The molecule has 0 atom stereocenters. The molecule has 0 bridgehead atoms. The Bertz CT molecular complexity index is 178. The van der Waals surface area contributed by atoms with Crippen molar-refractivity contribution in [2.24, 2.45) is 0 Å². The molecule has 1 aliphatic rings. The molecule has 8 heavy (non-hydrogen) atoms. The van der Waals surface area contributed by atoms with Crippen molar-refractivity contribution >= 4 is 11.8 Å². The Hall–Kier alpha value is -0.370. The maximum Gasteiger partial charge on any atom is 1.00 e. The third-order valence-corrected chi connectivity index (χ3v) is 2.47. The van der Waals surface area contributed by atoms with Crippen molar-refractivity contribution in [3.8, 4) is 0 Å². The van der Waals surface area contributed by atoms with Crippen LogP contribution in [0.2, 0.25) is 0 Å². The molecule has 1 aliphatic heterocycles. The maximum absolute atomic E-state index is 3.09. The molecule has 0 aromatic carbocycles. The fraction of sp³-hybridized carbons (Fsp3) is 0.333. The highest BCUT2D eigenvalue weighted by Gasteiger charge is 2.09. The molecule has 1 N–H and O–H groups in total. The molecule has 42 valence electrons. The van der Waals surface area contributed by atoms with E-state index in [1.807, 2.05) is 11.8 Å². The van der Waals surface area contributed by atoms with Gasteiger partial charge in [0.15, 0.2) is 0 Å². The van der Waals surface area contributed by atoms with Gasteiger partial charge in [-0.1, -0.05) is 0 Å². The number of aromatic amines is 1. The van der Waals surface area contributed by atoms with Gasteiger partial charge in [0.1, 0.15) is 0 Å². The number of nitrogens with one attached hydrogen (secondary N) is 1. The molecular formula is C6H8NS+. The van der Waals surface area contributed by atoms with Gasteiger partial charge < -0.3 is 4.98 Å². The molecular weight excluding hydrogens is 118 g/mol. The minimum Gasteiger partial charge on any atom is -0.367 e. The molecule has 0 unspecified atom stereocenters. The summed E-state index contributed by atoms with van der Waals surface area (Å²) in [6.07, 6.45) is 4.19. The van der Waals surface area contributed by atoms with E-state index in [1.54, 1.807) is 0 Å². The first kappa shape index (κ1) is 4.50. The fourth-order valence-corrected chi connectivity index (χ4v) is 2.05. The molecule has 2 rings (SSSR count). The molecule has 0 radical (unpaired) electrons. The molecule has 2 heteroatoms. The Morgan fingerprint density at radius 3 is 2.62 bits per heavy atom. The van der Waals surface area contributed by atoms with Crippen molar-refractivity contribution in [2.75, 3.05) is 0 Å². The second kappa shape index (κ2) is 1.55. The van der Waals surface area contributed by atoms with Gasteiger partial charge in [-0.05, 0) is 11.1 Å². The summed E-state index contributed by atoms with van der Waals surface area (Å²) < 4.78 is 0. The number of hydrogen-bond donors (Lipinski definition) is 1. The topological polar surface area (TPSA) is 15.8 Å². The van der Waals surface area contributed by atoms with Crippen LogP contribution in [0.25, 0.3) is 0 Å². The van der Waals surface area contributed by atoms with E-state index in [-0.39, 0.29) is 1.43 Å². The van der Waals surface area contributed by atoms with E-state index in [4.69, 9.17) is 0 Å². The number of hydrogen-bond acceptors (Lipinski definition) is 1. The van der Waals surface area contributed by atoms with Gasteiger partial charge in [0.25, 0.3) is 0 Å². The van der Waals surface area contributed by atoms with Gasteiger partial charge in [-0.15, -0.1) is 0 Å². The van der Waals surface area contributed by atoms with E-state index < -0.39 is 0 Å². The first-order valence-electron chi connectivity index (χ1n) is 2.69. The van der Waals surface area contributed by atoms with Gasteiger partial charge in [0, 0.05) is 23.9 Å². The fourth-order valence-electron chi connectivity index (χ4n) is 0.968. The molecule has 0 fully saturated rings. The van der Waals surface area contributed by atoms with Gasteiger partial charge in [-0.2, -0.15) is 11.8 Å². The average molecular weight is 126 g/mol. The third-order valence-electron chi connectivity index (χ3n) is 1.44. The minimum absolute atomic E-state index is 0. The lowest BCUT2D eigenvalue weighted by molar-refractivity contribution is 1.37. The lowest BCUT2D eigenvalue weighted by atomic mass is 10.2. The Morgan fingerprint density at radius 1 is 1.38 bits per heavy atom. The Labute approximate surface area is 54.0 Å². The van der Waals surface area contributed by atoms with E-state index in [9.17, 15) is 0 Å². The average Bonchev–Trinajstić information content (AvgIpc) is 2.15. The van der Waals surface area contributed by atoms with Crippen LogP contribution >= 0.6 is 11.8 Å². The van der Waals surface area contributed by atoms with E-state index >= 15 is 0 Å². The highest BCUT2D eigenvalue weighted by molar-refractivity contribution is 7.98. The molecule has 2 heterocycles. The van der Waals surface area contributed by atoms with Crippen LogP contribution in [0, 0.1) is 0 Å².